The van der Waals surface area contributed by atoms with Crippen LogP contribution in [0.25, 0.3) is 0 Å². The topological polar surface area (TPSA) is 32.3 Å². The summed E-state index contributed by atoms with van der Waals surface area (Å²) in [7, 11) is 0. The Morgan fingerprint density at radius 2 is 1.67 bits per heavy atom. The molecule has 2 fully saturated rings. The summed E-state index contributed by atoms with van der Waals surface area (Å²) in [4.78, 5) is 13.9. The Bertz CT molecular complexity index is 610. The lowest BCUT2D eigenvalue weighted by atomic mass is 9.71. The van der Waals surface area contributed by atoms with Gasteiger partial charge in [-0.15, -0.1) is 11.3 Å². The summed E-state index contributed by atoms with van der Waals surface area (Å²) in [6, 6.07) is 4.23. The molecule has 128 valence electrons. The summed E-state index contributed by atoms with van der Waals surface area (Å²) < 4.78 is 0. The van der Waals surface area contributed by atoms with Crippen molar-refractivity contribution in [1.29, 1.82) is 0 Å². The second-order valence-electron chi connectivity index (χ2n) is 7.34. The number of aromatic nitrogens is 2. The molecule has 0 saturated carbocycles. The minimum Gasteiger partial charge on any atom is -0.299 e. The number of pyridine rings is 1. The SMILES string of the molecule is c1cncc(CN2CCC3(CC2)CCN(Cc2nccs2)CC3)c1. The van der Waals surface area contributed by atoms with Gasteiger partial charge in [-0.05, 0) is 68.9 Å². The van der Waals surface area contributed by atoms with Crippen LogP contribution in [0.15, 0.2) is 36.1 Å². The zero-order valence-electron chi connectivity index (χ0n) is 14.2. The van der Waals surface area contributed by atoms with E-state index < -0.39 is 0 Å². The smallest absolute Gasteiger partial charge is 0.107 e. The van der Waals surface area contributed by atoms with E-state index in [2.05, 4.69) is 31.2 Å². The molecule has 4 nitrogen and oxygen atoms in total. The highest BCUT2D eigenvalue weighted by Gasteiger charge is 2.37. The molecule has 0 aliphatic carbocycles. The van der Waals surface area contributed by atoms with Crippen molar-refractivity contribution in [1.82, 2.24) is 19.8 Å². The number of rotatable bonds is 4. The summed E-state index contributed by atoms with van der Waals surface area (Å²) in [5.74, 6) is 0. The van der Waals surface area contributed by atoms with Crippen LogP contribution in [-0.2, 0) is 13.1 Å². The summed E-state index contributed by atoms with van der Waals surface area (Å²) >= 11 is 1.78. The summed E-state index contributed by atoms with van der Waals surface area (Å²) in [6.45, 7) is 7.05. The molecule has 0 amide bonds. The highest BCUT2D eigenvalue weighted by Crippen LogP contribution is 2.41. The van der Waals surface area contributed by atoms with E-state index in [1.165, 1.54) is 62.4 Å². The third-order valence-corrected chi connectivity index (χ3v) is 6.57. The molecular formula is C19H26N4S. The molecule has 4 rings (SSSR count). The van der Waals surface area contributed by atoms with Crippen LogP contribution in [0.2, 0.25) is 0 Å². The maximum absolute atomic E-state index is 4.43. The molecule has 0 atom stereocenters. The lowest BCUT2D eigenvalue weighted by Crippen LogP contribution is -2.46. The van der Waals surface area contributed by atoms with E-state index in [9.17, 15) is 0 Å². The van der Waals surface area contributed by atoms with Crippen LogP contribution >= 0.6 is 11.3 Å². The van der Waals surface area contributed by atoms with Gasteiger partial charge in [-0.1, -0.05) is 6.07 Å². The molecule has 2 aliphatic heterocycles. The van der Waals surface area contributed by atoms with Crippen molar-refractivity contribution in [2.75, 3.05) is 26.2 Å². The maximum atomic E-state index is 4.43. The summed E-state index contributed by atoms with van der Waals surface area (Å²) in [5.41, 5.74) is 1.94. The van der Waals surface area contributed by atoms with E-state index in [1.54, 1.807) is 11.3 Å². The lowest BCUT2D eigenvalue weighted by Gasteiger charge is -2.46. The number of nitrogens with zero attached hydrogens (tertiary/aromatic N) is 4. The Morgan fingerprint density at radius 3 is 2.25 bits per heavy atom. The van der Waals surface area contributed by atoms with Gasteiger partial charge < -0.3 is 0 Å². The Labute approximate surface area is 148 Å². The normalized spacial score (nSPS) is 22.0. The highest BCUT2D eigenvalue weighted by atomic mass is 32.1. The minimum atomic E-state index is 0.602. The van der Waals surface area contributed by atoms with Gasteiger partial charge in [-0.25, -0.2) is 4.98 Å². The third kappa shape index (κ3) is 3.85. The minimum absolute atomic E-state index is 0.602. The number of likely N-dealkylation sites (tertiary alicyclic amines) is 2. The standard InChI is InChI=1S/C19H26N4S/c1-2-17(14-20-7-1)15-22-9-3-19(4-10-22)5-11-23(12-6-19)16-18-21-8-13-24-18/h1-2,7-8,13-14H,3-6,9-12,15-16H2. The van der Waals surface area contributed by atoms with E-state index in [4.69, 9.17) is 0 Å². The molecule has 0 unspecified atom stereocenters. The van der Waals surface area contributed by atoms with Crippen LogP contribution in [0.3, 0.4) is 0 Å². The number of hydrogen-bond acceptors (Lipinski definition) is 5. The van der Waals surface area contributed by atoms with E-state index in [1.807, 2.05) is 24.7 Å². The van der Waals surface area contributed by atoms with Crippen molar-refractivity contribution in [3.63, 3.8) is 0 Å². The largest absolute Gasteiger partial charge is 0.299 e. The Morgan fingerprint density at radius 1 is 0.958 bits per heavy atom. The Kier molecular flexibility index (Phi) is 4.92. The second-order valence-corrected chi connectivity index (χ2v) is 8.32. The average molecular weight is 343 g/mol. The van der Waals surface area contributed by atoms with Crippen LogP contribution in [0, 0.1) is 5.41 Å². The Balaban J connectivity index is 1.25. The molecule has 24 heavy (non-hydrogen) atoms. The predicted octanol–water partition coefficient (Wildman–Crippen LogP) is 3.42. The maximum Gasteiger partial charge on any atom is 0.107 e. The Hall–Kier alpha value is -1.30. The molecule has 0 aromatic carbocycles. The van der Waals surface area contributed by atoms with E-state index in [0.29, 0.717) is 5.41 Å². The van der Waals surface area contributed by atoms with Crippen molar-refractivity contribution < 1.29 is 0 Å². The van der Waals surface area contributed by atoms with Crippen LogP contribution in [0.5, 0.6) is 0 Å². The molecular weight excluding hydrogens is 316 g/mol. The summed E-state index contributed by atoms with van der Waals surface area (Å²) in [6.07, 6.45) is 11.2. The van der Waals surface area contributed by atoms with Gasteiger partial charge in [0.15, 0.2) is 0 Å². The van der Waals surface area contributed by atoms with Crippen LogP contribution in [0.1, 0.15) is 36.3 Å². The highest BCUT2D eigenvalue weighted by molar-refractivity contribution is 7.09. The van der Waals surface area contributed by atoms with E-state index in [0.717, 1.165) is 13.1 Å². The fourth-order valence-corrected chi connectivity index (χ4v) is 4.80. The number of thiazole rings is 1. The zero-order chi connectivity index (χ0) is 16.2. The fourth-order valence-electron chi connectivity index (χ4n) is 4.14. The molecule has 0 N–H and O–H groups in total. The first kappa shape index (κ1) is 16.2. The molecule has 2 saturated heterocycles. The molecule has 5 heteroatoms. The quantitative estimate of drug-likeness (QED) is 0.852. The fraction of sp³-hybridized carbons (Fsp3) is 0.579. The van der Waals surface area contributed by atoms with Crippen molar-refractivity contribution in [3.05, 3.63) is 46.7 Å². The van der Waals surface area contributed by atoms with Crippen molar-refractivity contribution in [2.24, 2.45) is 5.41 Å². The first-order valence-electron chi connectivity index (χ1n) is 9.03. The lowest BCUT2D eigenvalue weighted by molar-refractivity contribution is 0.0299. The molecule has 4 heterocycles. The van der Waals surface area contributed by atoms with Gasteiger partial charge >= 0.3 is 0 Å². The average Bonchev–Trinajstić information content (AvgIpc) is 3.13. The molecule has 2 aliphatic rings. The summed E-state index contributed by atoms with van der Waals surface area (Å²) in [5, 5.41) is 3.34. The van der Waals surface area contributed by atoms with Gasteiger partial charge in [-0.2, -0.15) is 0 Å². The monoisotopic (exact) mass is 342 g/mol. The predicted molar refractivity (Wildman–Crippen MR) is 97.8 cm³/mol. The van der Waals surface area contributed by atoms with Crippen molar-refractivity contribution in [2.45, 2.75) is 38.8 Å². The van der Waals surface area contributed by atoms with Gasteiger partial charge in [0, 0.05) is 30.5 Å². The van der Waals surface area contributed by atoms with Crippen LogP contribution < -0.4 is 0 Å². The first-order valence-corrected chi connectivity index (χ1v) is 9.91. The van der Waals surface area contributed by atoms with Crippen molar-refractivity contribution >= 4 is 11.3 Å². The van der Waals surface area contributed by atoms with Gasteiger partial charge in [0.2, 0.25) is 0 Å². The zero-order valence-corrected chi connectivity index (χ0v) is 15.0. The number of hydrogen-bond donors (Lipinski definition) is 0. The van der Waals surface area contributed by atoms with Gasteiger partial charge in [0.05, 0.1) is 6.54 Å². The van der Waals surface area contributed by atoms with Crippen LogP contribution in [0.4, 0.5) is 0 Å². The molecule has 0 radical (unpaired) electrons. The van der Waals surface area contributed by atoms with Gasteiger partial charge in [0.25, 0.3) is 0 Å². The third-order valence-electron chi connectivity index (χ3n) is 5.80. The van der Waals surface area contributed by atoms with Crippen molar-refractivity contribution in [3.8, 4) is 0 Å². The molecule has 2 aromatic rings. The molecule has 0 bridgehead atoms. The first-order chi connectivity index (χ1) is 11.8. The van der Waals surface area contributed by atoms with Gasteiger partial charge in [-0.3, -0.25) is 14.8 Å². The van der Waals surface area contributed by atoms with E-state index in [-0.39, 0.29) is 0 Å². The number of piperidine rings is 2. The molecule has 2 aromatic heterocycles. The second kappa shape index (κ2) is 7.30. The van der Waals surface area contributed by atoms with E-state index >= 15 is 0 Å². The van der Waals surface area contributed by atoms with Crippen LogP contribution in [-0.4, -0.2) is 45.9 Å². The molecule has 1 spiro atoms. The van der Waals surface area contributed by atoms with Gasteiger partial charge in [0.1, 0.15) is 5.01 Å².